The van der Waals surface area contributed by atoms with E-state index >= 15 is 0 Å². The SMILES string of the molecule is CCNC(CCCS(=O)(=O)CC)COCC(F)(F)F. The van der Waals surface area contributed by atoms with Crippen molar-refractivity contribution in [2.45, 2.75) is 38.9 Å². The molecule has 8 heteroatoms. The first-order chi connectivity index (χ1) is 8.70. The predicted molar refractivity (Wildman–Crippen MR) is 67.9 cm³/mol. The second-order valence-electron chi connectivity index (χ2n) is 4.26. The van der Waals surface area contributed by atoms with E-state index in [1.165, 1.54) is 0 Å². The van der Waals surface area contributed by atoms with Crippen LogP contribution in [0.4, 0.5) is 13.2 Å². The molecule has 0 rings (SSSR count). The van der Waals surface area contributed by atoms with E-state index in [2.05, 4.69) is 10.1 Å². The minimum Gasteiger partial charge on any atom is -0.370 e. The lowest BCUT2D eigenvalue weighted by Gasteiger charge is -2.18. The van der Waals surface area contributed by atoms with Gasteiger partial charge in [0.2, 0.25) is 0 Å². The Balaban J connectivity index is 3.99. The Bertz CT molecular complexity index is 331. The summed E-state index contributed by atoms with van der Waals surface area (Å²) in [5.41, 5.74) is 0. The van der Waals surface area contributed by atoms with Crippen molar-refractivity contribution in [2.24, 2.45) is 0 Å². The molecule has 0 aromatic carbocycles. The Labute approximate surface area is 112 Å². The maximum atomic E-state index is 11.9. The fourth-order valence-corrected chi connectivity index (χ4v) is 2.44. The number of likely N-dealkylation sites (N-methyl/N-ethyl adjacent to an activating group) is 1. The normalized spacial score (nSPS) is 14.6. The molecule has 0 heterocycles. The molecule has 116 valence electrons. The van der Waals surface area contributed by atoms with E-state index < -0.39 is 22.6 Å². The van der Waals surface area contributed by atoms with Crippen LogP contribution in [0, 0.1) is 0 Å². The van der Waals surface area contributed by atoms with Crippen LogP contribution >= 0.6 is 0 Å². The van der Waals surface area contributed by atoms with Crippen LogP contribution < -0.4 is 5.32 Å². The number of ether oxygens (including phenoxy) is 1. The molecule has 4 nitrogen and oxygen atoms in total. The van der Waals surface area contributed by atoms with Crippen molar-refractivity contribution in [1.29, 1.82) is 0 Å². The van der Waals surface area contributed by atoms with Gasteiger partial charge in [0.25, 0.3) is 0 Å². The Morgan fingerprint density at radius 1 is 1.26 bits per heavy atom. The zero-order valence-corrected chi connectivity index (χ0v) is 12.1. The lowest BCUT2D eigenvalue weighted by molar-refractivity contribution is -0.175. The Morgan fingerprint density at radius 3 is 2.37 bits per heavy atom. The van der Waals surface area contributed by atoms with Crippen LogP contribution in [0.5, 0.6) is 0 Å². The van der Waals surface area contributed by atoms with E-state index in [0.717, 1.165) is 0 Å². The lowest BCUT2D eigenvalue weighted by atomic mass is 10.2. The molecule has 1 unspecified atom stereocenters. The number of sulfone groups is 1. The molecule has 0 aromatic rings. The number of rotatable bonds is 10. The second-order valence-corrected chi connectivity index (χ2v) is 6.74. The van der Waals surface area contributed by atoms with Gasteiger partial charge in [-0.05, 0) is 19.4 Å². The summed E-state index contributed by atoms with van der Waals surface area (Å²) in [6, 6.07) is -0.251. The van der Waals surface area contributed by atoms with Crippen molar-refractivity contribution >= 4 is 9.84 Å². The van der Waals surface area contributed by atoms with Crippen LogP contribution in [0.1, 0.15) is 26.7 Å². The highest BCUT2D eigenvalue weighted by molar-refractivity contribution is 7.91. The molecule has 0 saturated heterocycles. The van der Waals surface area contributed by atoms with E-state index in [0.29, 0.717) is 19.4 Å². The average Bonchev–Trinajstić information content (AvgIpc) is 2.27. The van der Waals surface area contributed by atoms with Gasteiger partial charge >= 0.3 is 6.18 Å². The highest BCUT2D eigenvalue weighted by Gasteiger charge is 2.27. The van der Waals surface area contributed by atoms with Crippen LogP contribution in [-0.4, -0.2) is 51.9 Å². The molecule has 0 radical (unpaired) electrons. The largest absolute Gasteiger partial charge is 0.411 e. The Kier molecular flexibility index (Phi) is 8.60. The molecule has 0 amide bonds. The summed E-state index contributed by atoms with van der Waals surface area (Å²) in [6.45, 7) is 2.66. The molecular formula is C11H22F3NO3S. The third kappa shape index (κ3) is 11.2. The van der Waals surface area contributed by atoms with Crippen LogP contribution in [-0.2, 0) is 14.6 Å². The highest BCUT2D eigenvalue weighted by atomic mass is 32.2. The molecule has 0 aromatic heterocycles. The predicted octanol–water partition coefficient (Wildman–Crippen LogP) is 1.76. The maximum Gasteiger partial charge on any atom is 0.411 e. The zero-order valence-electron chi connectivity index (χ0n) is 11.3. The van der Waals surface area contributed by atoms with Crippen molar-refractivity contribution < 1.29 is 26.3 Å². The fourth-order valence-electron chi connectivity index (χ4n) is 1.54. The number of hydrogen-bond donors (Lipinski definition) is 1. The van der Waals surface area contributed by atoms with Gasteiger partial charge in [0.1, 0.15) is 16.4 Å². The number of nitrogens with one attached hydrogen (secondary N) is 1. The standard InChI is InChI=1S/C11H22F3NO3S/c1-3-15-10(8-18-9-11(12,13)14)6-5-7-19(16,17)4-2/h10,15H,3-9H2,1-2H3. The Hall–Kier alpha value is -0.340. The topological polar surface area (TPSA) is 55.4 Å². The van der Waals surface area contributed by atoms with Crippen LogP contribution in [0.2, 0.25) is 0 Å². The van der Waals surface area contributed by atoms with Gasteiger partial charge in [-0.15, -0.1) is 0 Å². The first-order valence-electron chi connectivity index (χ1n) is 6.28. The van der Waals surface area contributed by atoms with Crippen LogP contribution in [0.15, 0.2) is 0 Å². The van der Waals surface area contributed by atoms with Crippen LogP contribution in [0.3, 0.4) is 0 Å². The number of halogens is 3. The molecule has 0 aliphatic rings. The van der Waals surface area contributed by atoms with Crippen molar-refractivity contribution in [3.05, 3.63) is 0 Å². The summed E-state index contributed by atoms with van der Waals surface area (Å²) in [5.74, 6) is 0.147. The van der Waals surface area contributed by atoms with Gasteiger partial charge < -0.3 is 10.1 Å². The van der Waals surface area contributed by atoms with Crippen molar-refractivity contribution in [1.82, 2.24) is 5.32 Å². The van der Waals surface area contributed by atoms with Gasteiger partial charge in [-0.1, -0.05) is 13.8 Å². The minimum absolute atomic E-state index is 0.0602. The zero-order chi connectivity index (χ0) is 14.9. The summed E-state index contributed by atoms with van der Waals surface area (Å²) >= 11 is 0. The van der Waals surface area contributed by atoms with Crippen molar-refractivity contribution in [3.8, 4) is 0 Å². The molecule has 1 atom stereocenters. The second kappa shape index (κ2) is 8.76. The number of hydrogen-bond acceptors (Lipinski definition) is 4. The molecular weight excluding hydrogens is 283 g/mol. The molecule has 0 fully saturated rings. The van der Waals surface area contributed by atoms with Crippen molar-refractivity contribution in [2.75, 3.05) is 31.3 Å². The van der Waals surface area contributed by atoms with Gasteiger partial charge in [-0.2, -0.15) is 13.2 Å². The first kappa shape index (κ1) is 18.7. The smallest absolute Gasteiger partial charge is 0.370 e. The van der Waals surface area contributed by atoms with Gasteiger partial charge in [-0.25, -0.2) is 8.42 Å². The summed E-state index contributed by atoms with van der Waals surface area (Å²) < 4.78 is 62.9. The van der Waals surface area contributed by atoms with Crippen molar-refractivity contribution in [3.63, 3.8) is 0 Å². The van der Waals surface area contributed by atoms with E-state index in [9.17, 15) is 21.6 Å². The molecule has 0 bridgehead atoms. The molecule has 19 heavy (non-hydrogen) atoms. The van der Waals surface area contributed by atoms with E-state index in [4.69, 9.17) is 0 Å². The molecule has 0 spiro atoms. The first-order valence-corrected chi connectivity index (χ1v) is 8.10. The summed E-state index contributed by atoms with van der Waals surface area (Å²) in [5, 5.41) is 2.99. The highest BCUT2D eigenvalue weighted by Crippen LogP contribution is 2.14. The van der Waals surface area contributed by atoms with Gasteiger partial charge in [0.05, 0.1) is 12.4 Å². The summed E-state index contributed by atoms with van der Waals surface area (Å²) in [4.78, 5) is 0. The fraction of sp³-hybridized carbons (Fsp3) is 1.00. The quantitative estimate of drug-likeness (QED) is 0.668. The molecule has 0 aliphatic heterocycles. The summed E-state index contributed by atoms with van der Waals surface area (Å²) in [7, 11) is -3.02. The Morgan fingerprint density at radius 2 is 1.89 bits per heavy atom. The lowest BCUT2D eigenvalue weighted by Crippen LogP contribution is -2.35. The third-order valence-electron chi connectivity index (χ3n) is 2.53. The van der Waals surface area contributed by atoms with Gasteiger partial charge in [-0.3, -0.25) is 0 Å². The van der Waals surface area contributed by atoms with Gasteiger partial charge in [0.15, 0.2) is 0 Å². The monoisotopic (exact) mass is 305 g/mol. The average molecular weight is 305 g/mol. The molecule has 0 aliphatic carbocycles. The van der Waals surface area contributed by atoms with Crippen LogP contribution in [0.25, 0.3) is 0 Å². The minimum atomic E-state index is -4.33. The molecule has 1 N–H and O–H groups in total. The van der Waals surface area contributed by atoms with E-state index in [1.807, 2.05) is 6.92 Å². The van der Waals surface area contributed by atoms with E-state index in [1.54, 1.807) is 6.92 Å². The van der Waals surface area contributed by atoms with Gasteiger partial charge in [0, 0.05) is 11.8 Å². The number of alkyl halides is 3. The maximum absolute atomic E-state index is 11.9. The molecule has 0 saturated carbocycles. The summed E-state index contributed by atoms with van der Waals surface area (Å²) in [6.07, 6.45) is -3.43. The van der Waals surface area contributed by atoms with E-state index in [-0.39, 0.29) is 24.2 Å². The third-order valence-corrected chi connectivity index (χ3v) is 4.32.